The number of anilines is 1. The van der Waals surface area contributed by atoms with E-state index >= 15 is 0 Å². The first kappa shape index (κ1) is 97.7. The third-order valence-electron chi connectivity index (χ3n) is 18.2. The van der Waals surface area contributed by atoms with Gasteiger partial charge in [0.15, 0.2) is 6.10 Å². The number of halogens is 1. The second kappa shape index (κ2) is 49.2. The predicted molar refractivity (Wildman–Crippen MR) is 416 cm³/mol. The lowest BCUT2D eigenvalue weighted by molar-refractivity contribution is -0.155. The number of phosphoric acid groups is 2. The fourth-order valence-electron chi connectivity index (χ4n) is 11.1. The van der Waals surface area contributed by atoms with Crippen LogP contribution in [0.2, 0.25) is 5.02 Å². The van der Waals surface area contributed by atoms with Crippen LogP contribution in [0.3, 0.4) is 0 Å². The van der Waals surface area contributed by atoms with Crippen molar-refractivity contribution >= 4 is 104 Å². The van der Waals surface area contributed by atoms with Gasteiger partial charge in [0.25, 0.3) is 5.91 Å². The minimum absolute atomic E-state index is 0.0133. The average molecular weight is 1640 g/mol. The molecular formula is C74H117ClN12O23P2. The Morgan fingerprint density at radius 2 is 1.31 bits per heavy atom. The number of carbonyl (C=O) groups is 12. The van der Waals surface area contributed by atoms with E-state index < -0.39 is 167 Å². The summed E-state index contributed by atoms with van der Waals surface area (Å²) in [5.74, 6) is -8.32. The van der Waals surface area contributed by atoms with E-state index in [0.29, 0.717) is 53.1 Å². The summed E-state index contributed by atoms with van der Waals surface area (Å²) in [6, 6.07) is 5.35. The van der Waals surface area contributed by atoms with Gasteiger partial charge in [0.1, 0.15) is 49.0 Å². The van der Waals surface area contributed by atoms with Crippen LogP contribution in [0.5, 0.6) is 0 Å². The van der Waals surface area contributed by atoms with Crippen LogP contribution >= 0.6 is 27.2 Å². The summed E-state index contributed by atoms with van der Waals surface area (Å²) in [5, 5.41) is 21.4. The van der Waals surface area contributed by atoms with Crippen molar-refractivity contribution in [1.29, 1.82) is 0 Å². The quantitative estimate of drug-likeness (QED) is 0.0109. The minimum Gasteiger partial charge on any atom is -0.456 e. The van der Waals surface area contributed by atoms with E-state index in [4.69, 9.17) is 51.1 Å². The number of phosphoric ester groups is 2. The Bertz CT molecular complexity index is 3630. The number of hydrogen-bond acceptors (Lipinski definition) is 22. The number of esters is 2. The molecule has 1 aliphatic rings. The zero-order valence-corrected chi connectivity index (χ0v) is 69.0. The lowest BCUT2D eigenvalue weighted by Gasteiger charge is -2.33. The molecule has 11 amide bonds. The first-order chi connectivity index (χ1) is 52.6. The Morgan fingerprint density at radius 3 is 1.88 bits per heavy atom. The third-order valence-corrected chi connectivity index (χ3v) is 21.2. The Kier molecular flexibility index (Phi) is 42.9. The highest BCUT2D eigenvalue weighted by molar-refractivity contribution is 7.61. The average Bonchev–Trinajstić information content (AvgIpc) is 0.830. The number of carbonyl (C=O) groups excluding carboxylic acids is 12. The van der Waals surface area contributed by atoms with E-state index in [0.717, 1.165) is 9.80 Å². The number of alkyl carbamates (subject to hydrolysis) is 2. The predicted octanol–water partition coefficient (Wildman–Crippen LogP) is 7.00. The SMILES string of the molecule is C/C=C(\C)[C@H]1OC(=O)[C@@H](C)NC(=O)[C@H]([C@H](C)CC)NC(=O)CN(C)C(=O)[C@@H](Cc2ccc(Cl)cc2)N(C)C(=O)[C@H](C)NC(=O)[C@@H](CC(C)C)OC(=O)/C(C)=C\C[C@H](OC(=O)NCCCCCOP(=O)(O)OP(=O)(O)OCCCCCNC(=O)OCc2ccc(NC(=O)[C@@H](CCCNC(N)=O)NC(=O)[C@H](N)C(C)C)cc2)[C@@H]1C. The number of nitrogens with one attached hydrogen (secondary N) is 8. The van der Waals surface area contributed by atoms with E-state index in [-0.39, 0.29) is 102 Å². The maximum absolute atomic E-state index is 14.4. The monoisotopic (exact) mass is 1640 g/mol. The summed E-state index contributed by atoms with van der Waals surface area (Å²) in [5.41, 5.74) is 13.2. The molecule has 1 heterocycles. The van der Waals surface area contributed by atoms with Gasteiger partial charge in [0, 0.05) is 68.8 Å². The van der Waals surface area contributed by atoms with Crippen molar-refractivity contribution in [3.05, 3.63) is 88.0 Å². The first-order valence-electron chi connectivity index (χ1n) is 37.5. The lowest BCUT2D eigenvalue weighted by Crippen LogP contribution is -2.57. The fraction of sp³-hybridized carbons (Fsp3) is 0.622. The molecule has 35 nitrogen and oxygen atoms in total. The van der Waals surface area contributed by atoms with Gasteiger partial charge < -0.3 is 92.5 Å². The third kappa shape index (κ3) is 36.1. The zero-order valence-electron chi connectivity index (χ0n) is 66.5. The highest BCUT2D eigenvalue weighted by Gasteiger charge is 2.39. The number of benzene rings is 2. The van der Waals surface area contributed by atoms with Gasteiger partial charge in [-0.2, -0.15) is 4.31 Å². The Balaban J connectivity index is 1.63. The van der Waals surface area contributed by atoms with Gasteiger partial charge in [-0.25, -0.2) is 33.1 Å². The smallest absolute Gasteiger partial charge is 0.456 e. The highest BCUT2D eigenvalue weighted by Crippen LogP contribution is 2.60. The van der Waals surface area contributed by atoms with Gasteiger partial charge in [0.05, 0.1) is 25.8 Å². The first-order valence-corrected chi connectivity index (χ1v) is 40.8. The molecule has 0 bridgehead atoms. The van der Waals surface area contributed by atoms with Gasteiger partial charge in [-0.05, 0) is 151 Å². The largest absolute Gasteiger partial charge is 0.481 e. The highest BCUT2D eigenvalue weighted by atomic mass is 35.5. The number of unbranched alkanes of at least 4 members (excludes halogenated alkanes) is 4. The second-order valence-electron chi connectivity index (χ2n) is 28.4. The molecule has 0 aliphatic carbocycles. The molecule has 0 aromatic heterocycles. The van der Waals surface area contributed by atoms with E-state index in [1.54, 1.807) is 117 Å². The Morgan fingerprint density at radius 1 is 0.741 bits per heavy atom. The molecule has 2 aromatic rings. The fourth-order valence-corrected chi connectivity index (χ4v) is 13.3. The molecule has 1 aliphatic heterocycles. The molecular weight excluding hydrogens is 1520 g/mol. The van der Waals surface area contributed by atoms with Crippen LogP contribution in [-0.4, -0.2) is 199 Å². The molecule has 0 saturated carbocycles. The topological polar surface area (TPSA) is 499 Å². The van der Waals surface area contributed by atoms with Crippen molar-refractivity contribution in [3.63, 3.8) is 0 Å². The number of ether oxygens (including phenoxy) is 4. The number of likely N-dealkylation sites (N-methyl/N-ethyl adjacent to an activating group) is 2. The van der Waals surface area contributed by atoms with E-state index in [1.165, 1.54) is 40.9 Å². The van der Waals surface area contributed by atoms with Crippen molar-refractivity contribution in [3.8, 4) is 0 Å². The standard InChI is InChI=1S/C74H117ClN12O23P2/c1-15-46(7)62-67(92)82-51(12)71(96)109-63(47(8)16-2)49(10)58(34-25-48(9)70(95)107-59(40-44(3)4)65(90)81-50(11)68(93)87(14)57(41-52-26-30-54(75)31-27-52)69(94)86(13)42-60(88)85-62)108-74(99)80-36-20-18-22-39-106-112(102,103)110-111(100,101)105-38-21-17-19-35-79-73(98)104-43-53-28-32-55(33-29-53)83-64(89)56(24-23-37-78-72(77)97)84-66(91)61(76)45(5)6/h16,25-33,44-46,49-51,56-59,61-63H,15,17-24,34-43,76H2,1-14H3,(H,79,98)(H,80,99)(H,81,90)(H,82,92)(H,83,89)(H,84,91)(H,85,88)(H,100,101)(H,102,103)(H3,77,78,97)/b47-16+,48-25-/t46-,49+,50+,51-,56-,57-,58+,59-,61-,62+,63-/m1/s1. The zero-order chi connectivity index (χ0) is 84.2. The van der Waals surface area contributed by atoms with Crippen LogP contribution in [0, 0.1) is 23.7 Å². The van der Waals surface area contributed by atoms with E-state index in [1.807, 2.05) is 0 Å². The molecule has 13 atom stereocenters. The van der Waals surface area contributed by atoms with Crippen LogP contribution in [0.15, 0.2) is 71.8 Å². The number of rotatable bonds is 35. The Hall–Kier alpha value is -8.53. The van der Waals surface area contributed by atoms with Gasteiger partial charge >= 0.3 is 45.8 Å². The maximum atomic E-state index is 14.4. The minimum atomic E-state index is -5.14. The summed E-state index contributed by atoms with van der Waals surface area (Å²) >= 11 is 6.17. The summed E-state index contributed by atoms with van der Waals surface area (Å²) < 4.78 is 62.7. The number of nitrogens with zero attached hydrogens (tertiary/aromatic N) is 2. The molecule has 628 valence electrons. The summed E-state index contributed by atoms with van der Waals surface area (Å²) in [7, 11) is -7.52. The number of allylic oxidation sites excluding steroid dienone is 1. The summed E-state index contributed by atoms with van der Waals surface area (Å²) in [6.07, 6.45) is -0.0914. The van der Waals surface area contributed by atoms with Crippen molar-refractivity contribution in [2.45, 2.75) is 221 Å². The van der Waals surface area contributed by atoms with Crippen molar-refractivity contribution in [2.75, 3.05) is 58.8 Å². The number of hydrogen-bond donors (Lipinski definition) is 12. The van der Waals surface area contributed by atoms with Gasteiger partial charge in [0.2, 0.25) is 35.4 Å². The normalized spacial score (nSPS) is 22.2. The number of nitrogens with two attached hydrogens (primary N) is 2. The van der Waals surface area contributed by atoms with Crippen molar-refractivity contribution in [1.82, 2.24) is 47.0 Å². The van der Waals surface area contributed by atoms with Gasteiger partial charge in [-0.15, -0.1) is 0 Å². The van der Waals surface area contributed by atoms with E-state index in [9.17, 15) is 76.5 Å². The molecule has 2 unspecified atom stereocenters. The van der Waals surface area contributed by atoms with Crippen molar-refractivity contribution < 1.29 is 109 Å². The second-order valence-corrected chi connectivity index (χ2v) is 31.9. The number of urea groups is 1. The van der Waals surface area contributed by atoms with Crippen LogP contribution in [0.1, 0.15) is 165 Å². The summed E-state index contributed by atoms with van der Waals surface area (Å²) in [4.78, 5) is 185. The molecule has 3 rings (SSSR count). The molecule has 38 heteroatoms. The van der Waals surface area contributed by atoms with Crippen LogP contribution in [0.25, 0.3) is 0 Å². The van der Waals surface area contributed by atoms with Gasteiger partial charge in [-0.3, -0.25) is 42.6 Å². The molecule has 0 spiro atoms. The number of primary amides is 1. The van der Waals surface area contributed by atoms with Crippen LogP contribution in [0.4, 0.5) is 20.1 Å². The molecule has 112 heavy (non-hydrogen) atoms. The maximum Gasteiger partial charge on any atom is 0.481 e. The van der Waals surface area contributed by atoms with E-state index in [2.05, 4.69) is 46.8 Å². The molecule has 0 fully saturated rings. The molecule has 0 radical (unpaired) electrons. The molecule has 2 aromatic carbocycles. The summed E-state index contributed by atoms with van der Waals surface area (Å²) in [6.45, 7) is 18.6. The molecule has 14 N–H and O–H groups in total. The molecule has 0 saturated heterocycles. The number of cyclic esters (lactones) is 2. The van der Waals surface area contributed by atoms with Crippen LogP contribution in [-0.2, 0) is 97.6 Å². The van der Waals surface area contributed by atoms with Crippen LogP contribution < -0.4 is 54.0 Å². The number of amides is 11. The van der Waals surface area contributed by atoms with Gasteiger partial charge in [-0.1, -0.05) is 103 Å². The van der Waals surface area contributed by atoms with Crippen molar-refractivity contribution in [2.24, 2.45) is 35.1 Å². The Labute approximate surface area is 660 Å². The lowest BCUT2D eigenvalue weighted by atomic mass is 9.90.